The minimum Gasteiger partial charge on any atom is -0.497 e. The van der Waals surface area contributed by atoms with Crippen molar-refractivity contribution in [2.45, 2.75) is 12.8 Å². The maximum Gasteiger partial charge on any atom is 0.251 e. The highest BCUT2D eigenvalue weighted by Crippen LogP contribution is 2.17. The van der Waals surface area contributed by atoms with Gasteiger partial charge in [0.05, 0.1) is 20.3 Å². The van der Waals surface area contributed by atoms with Crippen LogP contribution in [0, 0.1) is 0 Å². The molecule has 0 spiro atoms. The second-order valence-corrected chi connectivity index (χ2v) is 6.35. The number of rotatable bonds is 7. The van der Waals surface area contributed by atoms with Crippen molar-refractivity contribution < 1.29 is 14.3 Å². The molecule has 1 aliphatic rings. The van der Waals surface area contributed by atoms with E-state index in [-0.39, 0.29) is 5.91 Å². The summed E-state index contributed by atoms with van der Waals surface area (Å²) in [7, 11) is 1.61. The summed E-state index contributed by atoms with van der Waals surface area (Å²) in [5.41, 5.74) is 3.20. The van der Waals surface area contributed by atoms with Gasteiger partial charge in [0.1, 0.15) is 5.75 Å². The van der Waals surface area contributed by atoms with Crippen LogP contribution in [0.5, 0.6) is 5.75 Å². The van der Waals surface area contributed by atoms with E-state index in [1.165, 1.54) is 11.3 Å². The van der Waals surface area contributed by atoms with Crippen molar-refractivity contribution in [3.63, 3.8) is 0 Å². The Hall–Kier alpha value is -2.53. The molecule has 1 heterocycles. The highest BCUT2D eigenvalue weighted by molar-refractivity contribution is 5.94. The van der Waals surface area contributed by atoms with Crippen molar-refractivity contribution in [3.05, 3.63) is 59.7 Å². The van der Waals surface area contributed by atoms with Crippen LogP contribution in [-0.2, 0) is 11.2 Å². The minimum atomic E-state index is -0.0460. The van der Waals surface area contributed by atoms with Crippen LogP contribution in [0.1, 0.15) is 22.3 Å². The molecule has 0 saturated carbocycles. The molecule has 0 aliphatic carbocycles. The molecule has 0 radical (unpaired) electrons. The lowest BCUT2D eigenvalue weighted by Gasteiger charge is -2.28. The van der Waals surface area contributed by atoms with E-state index in [4.69, 9.17) is 9.47 Å². The first kappa shape index (κ1) is 18.3. The lowest BCUT2D eigenvalue weighted by atomic mass is 10.1. The quantitative estimate of drug-likeness (QED) is 0.777. The number of morpholine rings is 1. The number of carbonyl (C=O) groups is 1. The Morgan fingerprint density at radius 1 is 1.08 bits per heavy atom. The summed E-state index contributed by atoms with van der Waals surface area (Å²) in [6, 6.07) is 15.9. The van der Waals surface area contributed by atoms with Crippen LogP contribution in [0.4, 0.5) is 5.69 Å². The van der Waals surface area contributed by atoms with Crippen molar-refractivity contribution in [1.82, 2.24) is 5.32 Å². The number of carbonyl (C=O) groups excluding carboxylic acids is 1. The van der Waals surface area contributed by atoms with Crippen LogP contribution in [0.3, 0.4) is 0 Å². The molecule has 5 nitrogen and oxygen atoms in total. The van der Waals surface area contributed by atoms with Gasteiger partial charge in [0.15, 0.2) is 0 Å². The number of aryl methyl sites for hydroxylation is 1. The molecule has 1 amide bonds. The third kappa shape index (κ3) is 4.99. The van der Waals surface area contributed by atoms with Crippen molar-refractivity contribution in [2.24, 2.45) is 0 Å². The van der Waals surface area contributed by atoms with Crippen molar-refractivity contribution in [2.75, 3.05) is 44.9 Å². The SMILES string of the molecule is COc1ccc(C(=O)NCCCc2ccc(N3CCOCC3)cc2)cc1. The summed E-state index contributed by atoms with van der Waals surface area (Å²) in [4.78, 5) is 14.5. The van der Waals surface area contributed by atoms with Crippen molar-refractivity contribution >= 4 is 11.6 Å². The van der Waals surface area contributed by atoms with E-state index in [0.29, 0.717) is 12.1 Å². The monoisotopic (exact) mass is 354 g/mol. The molecule has 2 aromatic carbocycles. The van der Waals surface area contributed by atoms with Crippen LogP contribution < -0.4 is 15.0 Å². The number of ether oxygens (including phenoxy) is 2. The average Bonchev–Trinajstić information content (AvgIpc) is 2.72. The van der Waals surface area contributed by atoms with E-state index in [9.17, 15) is 4.79 Å². The second-order valence-electron chi connectivity index (χ2n) is 6.35. The largest absolute Gasteiger partial charge is 0.497 e. The Morgan fingerprint density at radius 3 is 2.42 bits per heavy atom. The predicted octanol–water partition coefficient (Wildman–Crippen LogP) is 2.89. The standard InChI is InChI=1S/C21H26N2O3/c1-25-20-10-6-18(7-11-20)21(24)22-12-2-3-17-4-8-19(9-5-17)23-13-15-26-16-14-23/h4-11H,2-3,12-16H2,1H3,(H,22,24). The highest BCUT2D eigenvalue weighted by atomic mass is 16.5. The van der Waals surface area contributed by atoms with Gasteiger partial charge < -0.3 is 19.7 Å². The fraction of sp³-hybridized carbons (Fsp3) is 0.381. The Balaban J connectivity index is 1.40. The molecule has 1 saturated heterocycles. The Kier molecular flexibility index (Phi) is 6.50. The molecule has 3 rings (SSSR count). The molecule has 0 atom stereocenters. The first-order chi connectivity index (χ1) is 12.8. The number of hydrogen-bond acceptors (Lipinski definition) is 4. The zero-order chi connectivity index (χ0) is 18.2. The number of amides is 1. The summed E-state index contributed by atoms with van der Waals surface area (Å²) in [6.07, 6.45) is 1.87. The Morgan fingerprint density at radius 2 is 1.77 bits per heavy atom. The van der Waals surface area contributed by atoms with Crippen LogP contribution in [0.2, 0.25) is 0 Å². The second kappa shape index (κ2) is 9.25. The van der Waals surface area contributed by atoms with Crippen molar-refractivity contribution in [3.8, 4) is 5.75 Å². The molecule has 1 fully saturated rings. The van der Waals surface area contributed by atoms with Crippen LogP contribution in [0.25, 0.3) is 0 Å². The first-order valence-electron chi connectivity index (χ1n) is 9.10. The third-order valence-electron chi connectivity index (χ3n) is 4.59. The van der Waals surface area contributed by atoms with Gasteiger partial charge in [-0.1, -0.05) is 12.1 Å². The lowest BCUT2D eigenvalue weighted by molar-refractivity contribution is 0.0953. The van der Waals surface area contributed by atoms with Crippen molar-refractivity contribution in [1.29, 1.82) is 0 Å². The van der Waals surface area contributed by atoms with Gasteiger partial charge >= 0.3 is 0 Å². The Labute approximate surface area is 154 Å². The van der Waals surface area contributed by atoms with Gasteiger partial charge in [-0.15, -0.1) is 0 Å². The first-order valence-corrected chi connectivity index (χ1v) is 9.10. The zero-order valence-corrected chi connectivity index (χ0v) is 15.2. The number of nitrogens with one attached hydrogen (secondary N) is 1. The maximum absolute atomic E-state index is 12.1. The summed E-state index contributed by atoms with van der Waals surface area (Å²) in [5, 5.41) is 2.97. The predicted molar refractivity (Wildman–Crippen MR) is 103 cm³/mol. The maximum atomic E-state index is 12.1. The highest BCUT2D eigenvalue weighted by Gasteiger charge is 2.10. The smallest absolute Gasteiger partial charge is 0.251 e. The normalized spacial score (nSPS) is 14.1. The minimum absolute atomic E-state index is 0.0460. The van der Waals surface area contributed by atoms with Gasteiger partial charge in [0.25, 0.3) is 5.91 Å². The number of benzene rings is 2. The van der Waals surface area contributed by atoms with Crippen LogP contribution in [0.15, 0.2) is 48.5 Å². The van der Waals surface area contributed by atoms with E-state index >= 15 is 0 Å². The van der Waals surface area contributed by atoms with E-state index < -0.39 is 0 Å². The van der Waals surface area contributed by atoms with E-state index in [0.717, 1.165) is 44.9 Å². The molecule has 138 valence electrons. The molecule has 26 heavy (non-hydrogen) atoms. The number of hydrogen-bond donors (Lipinski definition) is 1. The van der Waals surface area contributed by atoms with Crippen LogP contribution >= 0.6 is 0 Å². The third-order valence-corrected chi connectivity index (χ3v) is 4.59. The number of nitrogens with zero attached hydrogens (tertiary/aromatic N) is 1. The molecular formula is C21H26N2O3. The molecular weight excluding hydrogens is 328 g/mol. The van der Waals surface area contributed by atoms with E-state index in [1.807, 2.05) is 0 Å². The molecule has 1 N–H and O–H groups in total. The van der Waals surface area contributed by atoms with Gasteiger partial charge in [-0.05, 0) is 54.8 Å². The number of methoxy groups -OCH3 is 1. The van der Waals surface area contributed by atoms with Gasteiger partial charge in [0, 0.05) is 30.9 Å². The molecule has 0 bridgehead atoms. The summed E-state index contributed by atoms with van der Waals surface area (Å²) in [5.74, 6) is 0.706. The Bertz CT molecular complexity index is 692. The van der Waals surface area contributed by atoms with E-state index in [2.05, 4.69) is 34.5 Å². The summed E-state index contributed by atoms with van der Waals surface area (Å²) in [6.45, 7) is 4.18. The summed E-state index contributed by atoms with van der Waals surface area (Å²) >= 11 is 0. The van der Waals surface area contributed by atoms with Gasteiger partial charge in [0.2, 0.25) is 0 Å². The average molecular weight is 354 g/mol. The zero-order valence-electron chi connectivity index (χ0n) is 15.2. The molecule has 0 aromatic heterocycles. The fourth-order valence-corrected chi connectivity index (χ4v) is 3.03. The summed E-state index contributed by atoms with van der Waals surface area (Å²) < 4.78 is 10.5. The molecule has 2 aromatic rings. The van der Waals surface area contributed by atoms with E-state index in [1.54, 1.807) is 31.4 Å². The molecule has 5 heteroatoms. The molecule has 0 unspecified atom stereocenters. The lowest BCUT2D eigenvalue weighted by Crippen LogP contribution is -2.36. The topological polar surface area (TPSA) is 50.8 Å². The number of anilines is 1. The fourth-order valence-electron chi connectivity index (χ4n) is 3.03. The molecule has 1 aliphatic heterocycles. The van der Waals surface area contributed by atoms with Gasteiger partial charge in [-0.2, -0.15) is 0 Å². The van der Waals surface area contributed by atoms with Crippen LogP contribution in [-0.4, -0.2) is 45.9 Å². The van der Waals surface area contributed by atoms with Gasteiger partial charge in [-0.3, -0.25) is 4.79 Å². The van der Waals surface area contributed by atoms with Gasteiger partial charge in [-0.25, -0.2) is 0 Å².